The summed E-state index contributed by atoms with van der Waals surface area (Å²) in [6.07, 6.45) is 12.5. The largest absolute Gasteiger partial charge is 0.0913 e. The Morgan fingerprint density at radius 2 is 1.89 bits per heavy atom. The van der Waals surface area contributed by atoms with E-state index < -0.39 is 0 Å². The smallest absolute Gasteiger partial charge is 0.00833 e. The highest BCUT2D eigenvalue weighted by atomic mass is 14.5. The SMILES string of the molecule is C/C=C\C1C(C)C=C(CCC)C1C(C)(C)CCC. The van der Waals surface area contributed by atoms with Gasteiger partial charge >= 0.3 is 0 Å². The van der Waals surface area contributed by atoms with Gasteiger partial charge in [-0.2, -0.15) is 0 Å². The minimum absolute atomic E-state index is 0.435. The molecule has 0 spiro atoms. The first-order valence-corrected chi connectivity index (χ1v) is 7.81. The van der Waals surface area contributed by atoms with Crippen molar-refractivity contribution in [2.24, 2.45) is 23.2 Å². The third kappa shape index (κ3) is 3.28. The quantitative estimate of drug-likeness (QED) is 0.506. The molecule has 0 N–H and O–H groups in total. The molecule has 3 atom stereocenters. The van der Waals surface area contributed by atoms with E-state index in [1.54, 1.807) is 5.57 Å². The molecule has 0 amide bonds. The highest BCUT2D eigenvalue weighted by molar-refractivity contribution is 5.24. The molecule has 0 saturated carbocycles. The lowest BCUT2D eigenvalue weighted by Crippen LogP contribution is -2.30. The summed E-state index contributed by atoms with van der Waals surface area (Å²) in [6.45, 7) is 14.1. The molecule has 0 aliphatic heterocycles. The van der Waals surface area contributed by atoms with Crippen LogP contribution in [-0.2, 0) is 0 Å². The Hall–Kier alpha value is -0.520. The lowest BCUT2D eigenvalue weighted by Gasteiger charge is -2.38. The van der Waals surface area contributed by atoms with Gasteiger partial charge in [-0.3, -0.25) is 0 Å². The van der Waals surface area contributed by atoms with Crippen LogP contribution in [0.2, 0.25) is 0 Å². The van der Waals surface area contributed by atoms with Crippen molar-refractivity contribution in [1.82, 2.24) is 0 Å². The average molecular weight is 248 g/mol. The molecule has 0 fully saturated rings. The summed E-state index contributed by atoms with van der Waals surface area (Å²) < 4.78 is 0. The minimum atomic E-state index is 0.435. The molecule has 0 aromatic carbocycles. The zero-order valence-electron chi connectivity index (χ0n) is 13.3. The highest BCUT2D eigenvalue weighted by Gasteiger charge is 2.41. The van der Waals surface area contributed by atoms with E-state index in [9.17, 15) is 0 Å². The molecule has 0 heteroatoms. The van der Waals surface area contributed by atoms with Crippen molar-refractivity contribution in [2.75, 3.05) is 0 Å². The van der Waals surface area contributed by atoms with E-state index in [-0.39, 0.29) is 0 Å². The summed E-state index contributed by atoms with van der Waals surface area (Å²) in [5.74, 6) is 2.19. The molecule has 1 rings (SSSR count). The number of allylic oxidation sites excluding steroid dienone is 4. The standard InChI is InChI=1S/C18H32/c1-7-10-15-13-14(4)16(11-8-2)17(15)18(5,6)12-9-3/h8,11,13-14,16-17H,7,9-10,12H2,1-6H3/b11-8-. The molecule has 0 aromatic heterocycles. The highest BCUT2D eigenvalue weighted by Crippen LogP contribution is 2.50. The Morgan fingerprint density at radius 3 is 2.39 bits per heavy atom. The van der Waals surface area contributed by atoms with Crippen molar-refractivity contribution in [3.8, 4) is 0 Å². The van der Waals surface area contributed by atoms with E-state index in [1.165, 1.54) is 25.7 Å². The first-order valence-electron chi connectivity index (χ1n) is 7.81. The van der Waals surface area contributed by atoms with Gasteiger partial charge in [-0.25, -0.2) is 0 Å². The van der Waals surface area contributed by atoms with Crippen LogP contribution in [-0.4, -0.2) is 0 Å². The maximum absolute atomic E-state index is 2.57. The minimum Gasteiger partial charge on any atom is -0.0913 e. The van der Waals surface area contributed by atoms with Crippen LogP contribution in [0.5, 0.6) is 0 Å². The van der Waals surface area contributed by atoms with E-state index in [0.29, 0.717) is 11.3 Å². The number of hydrogen-bond donors (Lipinski definition) is 0. The monoisotopic (exact) mass is 248 g/mol. The number of hydrogen-bond acceptors (Lipinski definition) is 0. The van der Waals surface area contributed by atoms with Gasteiger partial charge in [0.05, 0.1) is 0 Å². The van der Waals surface area contributed by atoms with Crippen LogP contribution in [0, 0.1) is 23.2 Å². The van der Waals surface area contributed by atoms with Gasteiger partial charge in [-0.1, -0.05) is 71.3 Å². The Morgan fingerprint density at radius 1 is 1.22 bits per heavy atom. The molecule has 0 saturated heterocycles. The predicted molar refractivity (Wildman–Crippen MR) is 82.6 cm³/mol. The van der Waals surface area contributed by atoms with Crippen molar-refractivity contribution in [2.45, 2.75) is 67.2 Å². The maximum Gasteiger partial charge on any atom is -0.00833 e. The zero-order chi connectivity index (χ0) is 13.8. The van der Waals surface area contributed by atoms with E-state index in [2.05, 4.69) is 59.8 Å². The molecular weight excluding hydrogens is 216 g/mol. The van der Waals surface area contributed by atoms with Crippen LogP contribution >= 0.6 is 0 Å². The van der Waals surface area contributed by atoms with Crippen molar-refractivity contribution < 1.29 is 0 Å². The van der Waals surface area contributed by atoms with Crippen molar-refractivity contribution >= 4 is 0 Å². The Bertz CT molecular complexity index is 306. The molecule has 0 aromatic rings. The molecule has 104 valence electrons. The lowest BCUT2D eigenvalue weighted by atomic mass is 9.66. The van der Waals surface area contributed by atoms with Crippen molar-refractivity contribution in [3.63, 3.8) is 0 Å². The summed E-state index contributed by atoms with van der Waals surface area (Å²) in [5.41, 5.74) is 2.16. The topological polar surface area (TPSA) is 0 Å². The fraction of sp³-hybridized carbons (Fsp3) is 0.778. The van der Waals surface area contributed by atoms with Crippen LogP contribution < -0.4 is 0 Å². The van der Waals surface area contributed by atoms with Crippen molar-refractivity contribution in [3.05, 3.63) is 23.8 Å². The number of rotatable bonds is 6. The first kappa shape index (κ1) is 15.5. The Kier molecular flexibility index (Phi) is 5.69. The van der Waals surface area contributed by atoms with Gasteiger partial charge in [0, 0.05) is 0 Å². The second-order valence-electron chi connectivity index (χ2n) is 6.67. The predicted octanol–water partition coefficient (Wildman–Crippen LogP) is 6.00. The lowest BCUT2D eigenvalue weighted by molar-refractivity contribution is 0.174. The molecule has 0 heterocycles. The fourth-order valence-corrected chi connectivity index (χ4v) is 3.96. The molecule has 0 nitrogen and oxygen atoms in total. The van der Waals surface area contributed by atoms with Gasteiger partial charge < -0.3 is 0 Å². The second-order valence-corrected chi connectivity index (χ2v) is 6.67. The van der Waals surface area contributed by atoms with Crippen molar-refractivity contribution in [1.29, 1.82) is 0 Å². The van der Waals surface area contributed by atoms with Crippen LogP contribution in [0.25, 0.3) is 0 Å². The van der Waals surface area contributed by atoms with Crippen LogP contribution in [0.3, 0.4) is 0 Å². The normalized spacial score (nSPS) is 29.0. The summed E-state index contributed by atoms with van der Waals surface area (Å²) >= 11 is 0. The van der Waals surface area contributed by atoms with Crippen LogP contribution in [0.15, 0.2) is 23.8 Å². The fourth-order valence-electron chi connectivity index (χ4n) is 3.96. The molecule has 18 heavy (non-hydrogen) atoms. The van der Waals surface area contributed by atoms with Gasteiger partial charge in [0.2, 0.25) is 0 Å². The Labute approximate surface area is 115 Å². The van der Waals surface area contributed by atoms with E-state index in [4.69, 9.17) is 0 Å². The average Bonchev–Trinajstić information content (AvgIpc) is 2.57. The van der Waals surface area contributed by atoms with Crippen LogP contribution in [0.1, 0.15) is 67.2 Å². The summed E-state index contributed by atoms with van der Waals surface area (Å²) in [5, 5.41) is 0. The van der Waals surface area contributed by atoms with Gasteiger partial charge in [-0.15, -0.1) is 0 Å². The van der Waals surface area contributed by atoms with Gasteiger partial charge in [0.15, 0.2) is 0 Å². The van der Waals surface area contributed by atoms with Crippen LogP contribution in [0.4, 0.5) is 0 Å². The summed E-state index contributed by atoms with van der Waals surface area (Å²) in [4.78, 5) is 0. The molecule has 0 radical (unpaired) electrons. The van der Waals surface area contributed by atoms with Gasteiger partial charge in [0.1, 0.15) is 0 Å². The van der Waals surface area contributed by atoms with E-state index in [1.807, 2.05) is 0 Å². The first-order chi connectivity index (χ1) is 8.47. The summed E-state index contributed by atoms with van der Waals surface area (Å²) in [7, 11) is 0. The summed E-state index contributed by atoms with van der Waals surface area (Å²) in [6, 6.07) is 0. The van der Waals surface area contributed by atoms with E-state index >= 15 is 0 Å². The third-order valence-electron chi connectivity index (χ3n) is 4.56. The molecule has 3 unspecified atom stereocenters. The van der Waals surface area contributed by atoms with Gasteiger partial charge in [-0.05, 0) is 42.9 Å². The molecule has 0 bridgehead atoms. The second kappa shape index (κ2) is 6.59. The molecular formula is C18H32. The third-order valence-corrected chi connectivity index (χ3v) is 4.56. The van der Waals surface area contributed by atoms with E-state index in [0.717, 1.165) is 11.8 Å². The molecule has 1 aliphatic rings. The Balaban J connectivity index is 3.02. The van der Waals surface area contributed by atoms with Gasteiger partial charge in [0.25, 0.3) is 0 Å². The maximum atomic E-state index is 2.57. The zero-order valence-corrected chi connectivity index (χ0v) is 13.3. The molecule has 1 aliphatic carbocycles.